The molecule has 1 aliphatic rings. The lowest BCUT2D eigenvalue weighted by Gasteiger charge is -2.33. The van der Waals surface area contributed by atoms with Crippen molar-refractivity contribution in [3.63, 3.8) is 0 Å². The van der Waals surface area contributed by atoms with Gasteiger partial charge in [0.05, 0.1) is 18.0 Å². The van der Waals surface area contributed by atoms with Crippen molar-refractivity contribution in [2.75, 3.05) is 35.1 Å². The van der Waals surface area contributed by atoms with Crippen molar-refractivity contribution in [3.05, 3.63) is 59.7 Å². The van der Waals surface area contributed by atoms with Gasteiger partial charge in [-0.3, -0.25) is 9.10 Å². The van der Waals surface area contributed by atoms with E-state index in [-0.39, 0.29) is 18.5 Å². The zero-order valence-electron chi connectivity index (χ0n) is 19.5. The summed E-state index contributed by atoms with van der Waals surface area (Å²) < 4.78 is 26.1. The van der Waals surface area contributed by atoms with Crippen LogP contribution in [0.5, 0.6) is 0 Å². The van der Waals surface area contributed by atoms with Gasteiger partial charge in [0.1, 0.15) is 6.54 Å². The molecular formula is C25H35N3O3S. The third-order valence-corrected chi connectivity index (χ3v) is 7.25. The number of rotatable bonds is 8. The number of carbonyl (C=O) groups excluding carboxylic acids is 1. The molecule has 2 unspecified atom stereocenters. The van der Waals surface area contributed by atoms with Crippen LogP contribution in [0.2, 0.25) is 0 Å². The Morgan fingerprint density at radius 1 is 1.19 bits per heavy atom. The van der Waals surface area contributed by atoms with Crippen molar-refractivity contribution in [1.29, 1.82) is 0 Å². The first-order valence-corrected chi connectivity index (χ1v) is 13.2. The maximum atomic E-state index is 12.8. The minimum absolute atomic E-state index is 0.223. The molecule has 0 saturated carbocycles. The molecule has 32 heavy (non-hydrogen) atoms. The van der Waals surface area contributed by atoms with Crippen molar-refractivity contribution < 1.29 is 13.2 Å². The number of aryl methyl sites for hydroxylation is 1. The number of carbonyl (C=O) groups is 1. The van der Waals surface area contributed by atoms with Gasteiger partial charge in [0, 0.05) is 18.8 Å². The van der Waals surface area contributed by atoms with Crippen molar-refractivity contribution in [1.82, 2.24) is 5.32 Å². The van der Waals surface area contributed by atoms with Crippen LogP contribution < -0.4 is 14.5 Å². The Labute approximate surface area is 192 Å². The molecule has 0 bridgehead atoms. The molecule has 2 aromatic carbocycles. The molecule has 1 N–H and O–H groups in total. The topological polar surface area (TPSA) is 69.7 Å². The van der Waals surface area contributed by atoms with Crippen molar-refractivity contribution in [2.24, 2.45) is 5.92 Å². The molecule has 1 amide bonds. The first kappa shape index (κ1) is 24.1. The summed E-state index contributed by atoms with van der Waals surface area (Å²) in [5.41, 5.74) is 3.65. The van der Waals surface area contributed by atoms with E-state index >= 15 is 0 Å². The van der Waals surface area contributed by atoms with E-state index in [2.05, 4.69) is 29.3 Å². The van der Waals surface area contributed by atoms with E-state index in [4.69, 9.17) is 0 Å². The molecule has 1 fully saturated rings. The Morgan fingerprint density at radius 2 is 1.88 bits per heavy atom. The van der Waals surface area contributed by atoms with E-state index in [1.54, 1.807) is 12.1 Å². The highest BCUT2D eigenvalue weighted by Gasteiger charge is 2.24. The predicted octanol–water partition coefficient (Wildman–Crippen LogP) is 4.13. The molecule has 0 spiro atoms. The fourth-order valence-electron chi connectivity index (χ4n) is 4.33. The molecule has 0 aliphatic carbocycles. The molecule has 6 nitrogen and oxygen atoms in total. The van der Waals surface area contributed by atoms with Crippen LogP contribution in [0.15, 0.2) is 48.5 Å². The number of hydrogen-bond donors (Lipinski definition) is 1. The number of piperidine rings is 1. The summed E-state index contributed by atoms with van der Waals surface area (Å²) >= 11 is 0. The Morgan fingerprint density at radius 3 is 2.50 bits per heavy atom. The molecule has 1 heterocycles. The van der Waals surface area contributed by atoms with Crippen LogP contribution in [0.4, 0.5) is 11.4 Å². The van der Waals surface area contributed by atoms with Gasteiger partial charge in [-0.1, -0.05) is 44.2 Å². The highest BCUT2D eigenvalue weighted by atomic mass is 32.2. The highest BCUT2D eigenvalue weighted by molar-refractivity contribution is 7.92. The highest BCUT2D eigenvalue weighted by Crippen LogP contribution is 2.25. The fourth-order valence-corrected chi connectivity index (χ4v) is 5.22. The standard InChI is InChI=1S/C25H35N3O3S/c1-5-21-10-6-7-11-24(21)28(32(4,30)31)18-25(29)26-20(3)22-12-14-23(15-13-22)27-16-8-9-19(2)17-27/h6-7,10-15,19-20H,5,8-9,16-18H2,1-4H3,(H,26,29). The Bertz CT molecular complexity index is 1020. The molecule has 2 atom stereocenters. The summed E-state index contributed by atoms with van der Waals surface area (Å²) in [6, 6.07) is 15.4. The largest absolute Gasteiger partial charge is 0.371 e. The second-order valence-electron chi connectivity index (χ2n) is 8.83. The summed E-state index contributed by atoms with van der Waals surface area (Å²) in [5, 5.41) is 2.95. The Kier molecular flexibility index (Phi) is 7.82. The zero-order valence-corrected chi connectivity index (χ0v) is 20.4. The van der Waals surface area contributed by atoms with Crippen LogP contribution in [0, 0.1) is 5.92 Å². The van der Waals surface area contributed by atoms with E-state index in [0.717, 1.165) is 30.5 Å². The second-order valence-corrected chi connectivity index (χ2v) is 10.7. The number of nitrogens with zero attached hydrogens (tertiary/aromatic N) is 2. The van der Waals surface area contributed by atoms with E-state index in [1.807, 2.05) is 38.1 Å². The van der Waals surface area contributed by atoms with Crippen LogP contribution in [0.25, 0.3) is 0 Å². The maximum Gasteiger partial charge on any atom is 0.241 e. The lowest BCUT2D eigenvalue weighted by Crippen LogP contribution is -2.41. The van der Waals surface area contributed by atoms with Crippen LogP contribution in [0.3, 0.4) is 0 Å². The average Bonchev–Trinajstić information content (AvgIpc) is 2.77. The second kappa shape index (κ2) is 10.4. The summed E-state index contributed by atoms with van der Waals surface area (Å²) in [6.07, 6.45) is 4.32. The van der Waals surface area contributed by atoms with Crippen molar-refractivity contribution in [3.8, 4) is 0 Å². The number of hydrogen-bond acceptors (Lipinski definition) is 4. The van der Waals surface area contributed by atoms with Crippen molar-refractivity contribution >= 4 is 27.3 Å². The zero-order chi connectivity index (χ0) is 23.3. The van der Waals surface area contributed by atoms with Gasteiger partial charge in [-0.2, -0.15) is 0 Å². The molecule has 2 aromatic rings. The fraction of sp³-hybridized carbons (Fsp3) is 0.480. The number of benzene rings is 2. The van der Waals surface area contributed by atoms with Crippen LogP contribution in [-0.4, -0.2) is 40.2 Å². The Hall–Kier alpha value is -2.54. The molecule has 7 heteroatoms. The smallest absolute Gasteiger partial charge is 0.241 e. The van der Waals surface area contributed by atoms with Crippen LogP contribution >= 0.6 is 0 Å². The number of nitrogens with one attached hydrogen (secondary N) is 1. The summed E-state index contributed by atoms with van der Waals surface area (Å²) in [6.45, 7) is 8.08. The van der Waals surface area contributed by atoms with Crippen molar-refractivity contribution in [2.45, 2.75) is 46.1 Å². The predicted molar refractivity (Wildman–Crippen MR) is 132 cm³/mol. The monoisotopic (exact) mass is 457 g/mol. The van der Waals surface area contributed by atoms with Gasteiger partial charge in [0.15, 0.2) is 0 Å². The molecule has 0 radical (unpaired) electrons. The number of sulfonamides is 1. The summed E-state index contributed by atoms with van der Waals surface area (Å²) in [4.78, 5) is 15.2. The number of para-hydroxylation sites is 1. The minimum Gasteiger partial charge on any atom is -0.371 e. The van der Waals surface area contributed by atoms with Gasteiger partial charge >= 0.3 is 0 Å². The number of amides is 1. The molecule has 1 aliphatic heterocycles. The third-order valence-electron chi connectivity index (χ3n) is 6.12. The first-order chi connectivity index (χ1) is 15.2. The quantitative estimate of drug-likeness (QED) is 0.647. The Balaban J connectivity index is 1.67. The van der Waals surface area contributed by atoms with Gasteiger partial charge in [0.25, 0.3) is 0 Å². The SMILES string of the molecule is CCc1ccccc1N(CC(=O)NC(C)c1ccc(N2CCCC(C)C2)cc1)S(C)(=O)=O. The van der Waals surface area contributed by atoms with Gasteiger partial charge in [-0.05, 0) is 61.4 Å². The molecule has 3 rings (SSSR count). The minimum atomic E-state index is -3.60. The van der Waals surface area contributed by atoms with Gasteiger partial charge < -0.3 is 10.2 Å². The van der Waals surface area contributed by atoms with E-state index < -0.39 is 10.0 Å². The lowest BCUT2D eigenvalue weighted by atomic mass is 9.99. The van der Waals surface area contributed by atoms with Crippen LogP contribution in [0.1, 0.15) is 50.8 Å². The number of anilines is 2. The van der Waals surface area contributed by atoms with E-state index in [9.17, 15) is 13.2 Å². The first-order valence-electron chi connectivity index (χ1n) is 11.4. The maximum absolute atomic E-state index is 12.8. The molecule has 174 valence electrons. The van der Waals surface area contributed by atoms with E-state index in [1.165, 1.54) is 22.8 Å². The molecular weight excluding hydrogens is 422 g/mol. The lowest BCUT2D eigenvalue weighted by molar-refractivity contribution is -0.120. The average molecular weight is 458 g/mol. The molecule has 0 aromatic heterocycles. The van der Waals surface area contributed by atoms with Crippen LogP contribution in [-0.2, 0) is 21.2 Å². The summed E-state index contributed by atoms with van der Waals surface area (Å²) in [5.74, 6) is 0.375. The van der Waals surface area contributed by atoms with Gasteiger partial charge in [-0.15, -0.1) is 0 Å². The third kappa shape index (κ3) is 6.03. The van der Waals surface area contributed by atoms with Gasteiger partial charge in [-0.25, -0.2) is 8.42 Å². The molecule has 1 saturated heterocycles. The normalized spacial score (nSPS) is 17.6. The summed E-state index contributed by atoms with van der Waals surface area (Å²) in [7, 11) is -3.60. The van der Waals surface area contributed by atoms with Gasteiger partial charge in [0.2, 0.25) is 15.9 Å². The van der Waals surface area contributed by atoms with E-state index in [0.29, 0.717) is 18.0 Å².